The van der Waals surface area contributed by atoms with E-state index in [9.17, 15) is 14.7 Å². The fourth-order valence-corrected chi connectivity index (χ4v) is 3.86. The third-order valence-electron chi connectivity index (χ3n) is 5.92. The van der Waals surface area contributed by atoms with Crippen LogP contribution in [0.5, 0.6) is 0 Å². The van der Waals surface area contributed by atoms with E-state index < -0.39 is 6.10 Å². The Morgan fingerprint density at radius 1 is 1.03 bits per heavy atom. The first kappa shape index (κ1) is 26.9. The molecule has 3 rings (SSSR count). The minimum absolute atomic E-state index is 0.142. The maximum atomic E-state index is 12.6. The highest BCUT2D eigenvalue weighted by Crippen LogP contribution is 2.22. The van der Waals surface area contributed by atoms with Crippen molar-refractivity contribution in [1.29, 1.82) is 0 Å². The van der Waals surface area contributed by atoms with Crippen LogP contribution in [0.15, 0.2) is 73.3 Å². The monoisotopic (exact) mass is 488 g/mol. The van der Waals surface area contributed by atoms with Crippen molar-refractivity contribution in [3.63, 3.8) is 0 Å². The van der Waals surface area contributed by atoms with Crippen molar-refractivity contribution in [3.8, 4) is 0 Å². The normalized spacial score (nSPS) is 11.9. The molecule has 0 radical (unpaired) electrons. The molecule has 1 unspecified atom stereocenters. The Hall–Kier alpha value is -3.71. The number of imidazole rings is 1. The van der Waals surface area contributed by atoms with E-state index in [0.717, 1.165) is 43.4 Å². The second kappa shape index (κ2) is 14.6. The highest BCUT2D eigenvalue weighted by Gasteiger charge is 2.16. The van der Waals surface area contributed by atoms with Crippen molar-refractivity contribution in [2.75, 3.05) is 13.1 Å². The summed E-state index contributed by atoms with van der Waals surface area (Å²) in [7, 11) is 0. The Morgan fingerprint density at radius 2 is 1.78 bits per heavy atom. The fraction of sp³-hybridized carbons (Fsp3) is 0.345. The third-order valence-corrected chi connectivity index (χ3v) is 5.92. The van der Waals surface area contributed by atoms with Crippen molar-refractivity contribution in [1.82, 2.24) is 20.2 Å². The highest BCUT2D eigenvalue weighted by molar-refractivity contribution is 5.95. The SMILES string of the molecule is CCCCC(O)c1ccccc1C(=O)NCCCCNC(=O)C=Cc1ccc(Cn2ccnc2)cc1. The summed E-state index contributed by atoms with van der Waals surface area (Å²) in [5.74, 6) is -0.319. The van der Waals surface area contributed by atoms with E-state index in [4.69, 9.17) is 0 Å². The van der Waals surface area contributed by atoms with Crippen LogP contribution in [0, 0.1) is 0 Å². The molecule has 7 nitrogen and oxygen atoms in total. The van der Waals surface area contributed by atoms with Gasteiger partial charge in [-0.1, -0.05) is 62.2 Å². The summed E-state index contributed by atoms with van der Waals surface area (Å²) in [6, 6.07) is 15.3. The topological polar surface area (TPSA) is 96.3 Å². The van der Waals surface area contributed by atoms with Crippen LogP contribution in [0.25, 0.3) is 6.08 Å². The molecule has 3 aromatic rings. The average Bonchev–Trinajstić information content (AvgIpc) is 3.41. The first-order valence-electron chi connectivity index (χ1n) is 12.6. The summed E-state index contributed by atoms with van der Waals surface area (Å²) >= 11 is 0. The van der Waals surface area contributed by atoms with Gasteiger partial charge in [0, 0.05) is 43.7 Å². The second-order valence-electron chi connectivity index (χ2n) is 8.81. The van der Waals surface area contributed by atoms with Crippen LogP contribution < -0.4 is 10.6 Å². The number of amides is 2. The number of rotatable bonds is 14. The number of aliphatic hydroxyl groups is 1. The summed E-state index contributed by atoms with van der Waals surface area (Å²) in [4.78, 5) is 28.7. The van der Waals surface area contributed by atoms with Gasteiger partial charge in [0.25, 0.3) is 5.91 Å². The van der Waals surface area contributed by atoms with Crippen LogP contribution in [-0.2, 0) is 11.3 Å². The Bertz CT molecular complexity index is 1110. The zero-order valence-electron chi connectivity index (χ0n) is 20.9. The molecule has 3 N–H and O–H groups in total. The number of nitrogens with one attached hydrogen (secondary N) is 2. The lowest BCUT2D eigenvalue weighted by molar-refractivity contribution is -0.116. The molecule has 1 aromatic heterocycles. The van der Waals surface area contributed by atoms with E-state index in [1.54, 1.807) is 24.7 Å². The van der Waals surface area contributed by atoms with Gasteiger partial charge in [0.15, 0.2) is 0 Å². The van der Waals surface area contributed by atoms with E-state index in [0.29, 0.717) is 30.6 Å². The summed E-state index contributed by atoms with van der Waals surface area (Å²) < 4.78 is 2.00. The standard InChI is InChI=1S/C29H36N4O3/c1-2-3-10-27(34)25-8-4-5-9-26(25)29(36)32-18-7-6-17-31-28(35)16-15-23-11-13-24(14-12-23)21-33-20-19-30-22-33/h4-5,8-9,11-16,19-20,22,27,34H,2-3,6-7,10,17-18,21H2,1H3,(H,31,35)(H,32,36). The fourth-order valence-electron chi connectivity index (χ4n) is 3.86. The van der Waals surface area contributed by atoms with Crippen molar-refractivity contribution >= 4 is 17.9 Å². The molecule has 36 heavy (non-hydrogen) atoms. The van der Waals surface area contributed by atoms with Gasteiger partial charge in [0.05, 0.1) is 12.4 Å². The molecule has 1 heterocycles. The molecule has 0 aliphatic rings. The maximum absolute atomic E-state index is 12.6. The Kier molecular flexibility index (Phi) is 10.9. The number of aliphatic hydroxyl groups excluding tert-OH is 1. The number of benzene rings is 2. The molecule has 2 aromatic carbocycles. The summed E-state index contributed by atoms with van der Waals surface area (Å²) in [5.41, 5.74) is 3.32. The quantitative estimate of drug-likeness (QED) is 0.230. The number of aromatic nitrogens is 2. The van der Waals surface area contributed by atoms with Crippen LogP contribution in [0.4, 0.5) is 0 Å². The van der Waals surface area contributed by atoms with Gasteiger partial charge in [-0.3, -0.25) is 9.59 Å². The van der Waals surface area contributed by atoms with Crippen molar-refractivity contribution in [2.45, 2.75) is 51.7 Å². The number of nitrogens with zero attached hydrogens (tertiary/aromatic N) is 2. The van der Waals surface area contributed by atoms with Gasteiger partial charge >= 0.3 is 0 Å². The van der Waals surface area contributed by atoms with Gasteiger partial charge in [-0.2, -0.15) is 0 Å². The first-order chi connectivity index (χ1) is 17.6. The number of carbonyl (C=O) groups excluding carboxylic acids is 2. The lowest BCUT2D eigenvalue weighted by Crippen LogP contribution is -2.27. The van der Waals surface area contributed by atoms with Crippen molar-refractivity contribution in [2.24, 2.45) is 0 Å². The van der Waals surface area contributed by atoms with E-state index in [-0.39, 0.29) is 11.8 Å². The molecule has 0 aliphatic heterocycles. The van der Waals surface area contributed by atoms with Gasteiger partial charge in [-0.25, -0.2) is 4.98 Å². The maximum Gasteiger partial charge on any atom is 0.251 e. The summed E-state index contributed by atoms with van der Waals surface area (Å²) in [6.45, 7) is 3.89. The van der Waals surface area contributed by atoms with Crippen LogP contribution in [0.1, 0.15) is 72.2 Å². The molecule has 0 saturated carbocycles. The van der Waals surface area contributed by atoms with Gasteiger partial charge < -0.3 is 20.3 Å². The van der Waals surface area contributed by atoms with Gasteiger partial charge in [0.2, 0.25) is 5.91 Å². The molecule has 1 atom stereocenters. The van der Waals surface area contributed by atoms with E-state index in [1.807, 2.05) is 53.2 Å². The molecule has 0 saturated heterocycles. The molecule has 0 bridgehead atoms. The van der Waals surface area contributed by atoms with Crippen molar-refractivity contribution in [3.05, 3.63) is 95.6 Å². The average molecular weight is 489 g/mol. The first-order valence-corrected chi connectivity index (χ1v) is 12.6. The van der Waals surface area contributed by atoms with Crippen LogP contribution >= 0.6 is 0 Å². The number of unbranched alkanes of at least 4 members (excludes halogenated alkanes) is 2. The molecular formula is C29H36N4O3. The number of carbonyl (C=O) groups is 2. The Morgan fingerprint density at radius 3 is 2.50 bits per heavy atom. The zero-order chi connectivity index (χ0) is 25.6. The Balaban J connectivity index is 1.33. The van der Waals surface area contributed by atoms with Crippen LogP contribution in [-0.4, -0.2) is 39.6 Å². The molecule has 0 aliphatic carbocycles. The van der Waals surface area contributed by atoms with Gasteiger partial charge in [0.1, 0.15) is 0 Å². The van der Waals surface area contributed by atoms with E-state index in [1.165, 1.54) is 6.08 Å². The minimum atomic E-state index is -0.629. The smallest absolute Gasteiger partial charge is 0.251 e. The van der Waals surface area contributed by atoms with Crippen LogP contribution in [0.3, 0.4) is 0 Å². The molecular weight excluding hydrogens is 452 g/mol. The molecule has 2 amide bonds. The third kappa shape index (κ3) is 8.82. The lowest BCUT2D eigenvalue weighted by atomic mass is 9.98. The zero-order valence-corrected chi connectivity index (χ0v) is 20.9. The number of hydrogen-bond acceptors (Lipinski definition) is 4. The molecule has 190 valence electrons. The van der Waals surface area contributed by atoms with Crippen LogP contribution in [0.2, 0.25) is 0 Å². The predicted octanol–water partition coefficient (Wildman–Crippen LogP) is 4.49. The molecule has 0 spiro atoms. The second-order valence-corrected chi connectivity index (χ2v) is 8.81. The largest absolute Gasteiger partial charge is 0.388 e. The lowest BCUT2D eigenvalue weighted by Gasteiger charge is -2.15. The van der Waals surface area contributed by atoms with Gasteiger partial charge in [-0.15, -0.1) is 0 Å². The Labute approximate surface area is 213 Å². The van der Waals surface area contributed by atoms with E-state index >= 15 is 0 Å². The summed E-state index contributed by atoms with van der Waals surface area (Å²) in [6.07, 6.45) is 12.2. The number of hydrogen-bond donors (Lipinski definition) is 3. The molecule has 0 fully saturated rings. The molecule has 7 heteroatoms. The minimum Gasteiger partial charge on any atom is -0.388 e. The van der Waals surface area contributed by atoms with Gasteiger partial charge in [-0.05, 0) is 48.1 Å². The summed E-state index contributed by atoms with van der Waals surface area (Å²) in [5, 5.41) is 16.2. The van der Waals surface area contributed by atoms with Crippen molar-refractivity contribution < 1.29 is 14.7 Å². The highest BCUT2D eigenvalue weighted by atomic mass is 16.3. The van der Waals surface area contributed by atoms with E-state index in [2.05, 4.69) is 22.5 Å². The predicted molar refractivity (Wildman–Crippen MR) is 142 cm³/mol.